The number of halogens is 3. The maximum absolute atomic E-state index is 12.8. The van der Waals surface area contributed by atoms with Crippen LogP contribution in [-0.4, -0.2) is 11.7 Å². The first kappa shape index (κ1) is 14.3. The van der Waals surface area contributed by atoms with Gasteiger partial charge < -0.3 is 10.4 Å². The predicted octanol–water partition coefficient (Wildman–Crippen LogP) is 4.39. The molecule has 1 atom stereocenters. The van der Waals surface area contributed by atoms with E-state index in [1.54, 1.807) is 18.2 Å². The van der Waals surface area contributed by atoms with Crippen LogP contribution in [0.1, 0.15) is 11.7 Å². The van der Waals surface area contributed by atoms with Crippen molar-refractivity contribution in [3.05, 3.63) is 63.3 Å². The zero-order chi connectivity index (χ0) is 13.8. The van der Waals surface area contributed by atoms with Crippen LogP contribution in [0.4, 0.5) is 10.1 Å². The van der Waals surface area contributed by atoms with E-state index < -0.39 is 6.10 Å². The van der Waals surface area contributed by atoms with Gasteiger partial charge in [0.2, 0.25) is 0 Å². The second kappa shape index (κ2) is 6.37. The lowest BCUT2D eigenvalue weighted by molar-refractivity contribution is 0.191. The van der Waals surface area contributed by atoms with Gasteiger partial charge in [0.05, 0.1) is 16.8 Å². The van der Waals surface area contributed by atoms with E-state index in [1.165, 1.54) is 12.1 Å². The van der Waals surface area contributed by atoms with Crippen LogP contribution in [0.3, 0.4) is 0 Å². The molecular weight excluding hydrogens is 333 g/mol. The first-order valence-electron chi connectivity index (χ1n) is 5.69. The summed E-state index contributed by atoms with van der Waals surface area (Å²) in [5, 5.41) is 13.6. The Morgan fingerprint density at radius 3 is 2.53 bits per heavy atom. The largest absolute Gasteiger partial charge is 0.387 e. The SMILES string of the molecule is OC(CNc1ccc(Br)cc1Cl)c1ccc(F)cc1. The van der Waals surface area contributed by atoms with E-state index in [1.807, 2.05) is 12.1 Å². The van der Waals surface area contributed by atoms with Crippen molar-refractivity contribution in [2.24, 2.45) is 0 Å². The van der Waals surface area contributed by atoms with Crippen LogP contribution in [0, 0.1) is 5.82 Å². The molecule has 0 bridgehead atoms. The molecule has 0 saturated heterocycles. The monoisotopic (exact) mass is 343 g/mol. The van der Waals surface area contributed by atoms with Gasteiger partial charge in [-0.1, -0.05) is 39.7 Å². The van der Waals surface area contributed by atoms with Crippen LogP contribution < -0.4 is 5.32 Å². The summed E-state index contributed by atoms with van der Waals surface area (Å²) in [5.74, 6) is -0.320. The van der Waals surface area contributed by atoms with Gasteiger partial charge in [-0.15, -0.1) is 0 Å². The average molecular weight is 345 g/mol. The molecule has 0 saturated carbocycles. The van der Waals surface area contributed by atoms with Gasteiger partial charge in [0.1, 0.15) is 5.82 Å². The fourth-order valence-electron chi connectivity index (χ4n) is 1.64. The van der Waals surface area contributed by atoms with Crippen molar-refractivity contribution >= 4 is 33.2 Å². The molecule has 2 rings (SSSR count). The topological polar surface area (TPSA) is 32.3 Å². The Kier molecular flexibility index (Phi) is 4.80. The Hall–Kier alpha value is -1.10. The lowest BCUT2D eigenvalue weighted by Crippen LogP contribution is -2.12. The highest BCUT2D eigenvalue weighted by Gasteiger charge is 2.08. The molecule has 0 heterocycles. The van der Waals surface area contributed by atoms with Gasteiger partial charge in [-0.05, 0) is 35.9 Å². The summed E-state index contributed by atoms with van der Waals surface area (Å²) in [7, 11) is 0. The molecule has 0 aliphatic rings. The minimum atomic E-state index is -0.722. The van der Waals surface area contributed by atoms with Crippen molar-refractivity contribution < 1.29 is 9.50 Å². The van der Waals surface area contributed by atoms with Crippen LogP contribution >= 0.6 is 27.5 Å². The fraction of sp³-hybridized carbons (Fsp3) is 0.143. The van der Waals surface area contributed by atoms with Gasteiger partial charge in [0, 0.05) is 11.0 Å². The number of aliphatic hydroxyl groups excluding tert-OH is 1. The Balaban J connectivity index is 2.00. The summed E-state index contributed by atoms with van der Waals surface area (Å²) in [6.45, 7) is 0.299. The van der Waals surface area contributed by atoms with Crippen LogP contribution in [0.15, 0.2) is 46.9 Å². The van der Waals surface area contributed by atoms with Crippen molar-refractivity contribution in [1.82, 2.24) is 0 Å². The van der Waals surface area contributed by atoms with Gasteiger partial charge in [0.15, 0.2) is 0 Å². The van der Waals surface area contributed by atoms with E-state index in [9.17, 15) is 9.50 Å². The highest BCUT2D eigenvalue weighted by atomic mass is 79.9. The van der Waals surface area contributed by atoms with Gasteiger partial charge in [-0.25, -0.2) is 4.39 Å². The molecule has 2 aromatic carbocycles. The molecule has 0 radical (unpaired) electrons. The highest BCUT2D eigenvalue weighted by molar-refractivity contribution is 9.10. The zero-order valence-corrected chi connectivity index (χ0v) is 12.2. The molecule has 2 nitrogen and oxygen atoms in total. The number of rotatable bonds is 4. The smallest absolute Gasteiger partial charge is 0.123 e. The Morgan fingerprint density at radius 2 is 1.89 bits per heavy atom. The Bertz CT molecular complexity index is 562. The van der Waals surface area contributed by atoms with Crippen molar-refractivity contribution in [2.75, 3.05) is 11.9 Å². The summed E-state index contributed by atoms with van der Waals surface area (Å²) in [6, 6.07) is 11.2. The van der Waals surface area contributed by atoms with E-state index in [0.29, 0.717) is 17.1 Å². The lowest BCUT2D eigenvalue weighted by atomic mass is 10.1. The number of aliphatic hydroxyl groups is 1. The van der Waals surface area contributed by atoms with Crippen LogP contribution in [0.25, 0.3) is 0 Å². The molecule has 0 amide bonds. The number of benzene rings is 2. The maximum atomic E-state index is 12.8. The summed E-state index contributed by atoms with van der Waals surface area (Å²) < 4.78 is 13.7. The molecule has 0 aliphatic carbocycles. The fourth-order valence-corrected chi connectivity index (χ4v) is 2.38. The lowest BCUT2D eigenvalue weighted by Gasteiger charge is -2.14. The van der Waals surface area contributed by atoms with E-state index in [4.69, 9.17) is 11.6 Å². The summed E-state index contributed by atoms with van der Waals surface area (Å²) in [6.07, 6.45) is -0.722. The normalized spacial score (nSPS) is 12.2. The molecule has 0 spiro atoms. The predicted molar refractivity (Wildman–Crippen MR) is 79.0 cm³/mol. The molecule has 5 heteroatoms. The number of nitrogens with one attached hydrogen (secondary N) is 1. The van der Waals surface area contributed by atoms with Gasteiger partial charge in [-0.2, -0.15) is 0 Å². The standard InChI is InChI=1S/C14H12BrClFNO/c15-10-3-6-13(12(16)7-10)18-8-14(19)9-1-4-11(17)5-2-9/h1-7,14,18-19H,8H2. The Labute approximate surface area is 124 Å². The van der Waals surface area contributed by atoms with E-state index in [0.717, 1.165) is 10.2 Å². The summed E-state index contributed by atoms with van der Waals surface area (Å²) in [5.41, 5.74) is 1.40. The second-order valence-electron chi connectivity index (χ2n) is 4.07. The third kappa shape index (κ3) is 3.93. The van der Waals surface area contributed by atoms with E-state index in [2.05, 4.69) is 21.2 Å². The highest BCUT2D eigenvalue weighted by Crippen LogP contribution is 2.26. The first-order valence-corrected chi connectivity index (χ1v) is 6.86. The molecule has 0 fully saturated rings. The van der Waals surface area contributed by atoms with Crippen LogP contribution in [0.5, 0.6) is 0 Å². The van der Waals surface area contributed by atoms with Crippen molar-refractivity contribution in [2.45, 2.75) is 6.10 Å². The molecule has 2 N–H and O–H groups in total. The molecule has 1 unspecified atom stereocenters. The van der Waals surface area contributed by atoms with Gasteiger partial charge in [-0.3, -0.25) is 0 Å². The zero-order valence-electron chi connectivity index (χ0n) is 9.91. The quantitative estimate of drug-likeness (QED) is 0.862. The minimum absolute atomic E-state index is 0.299. The molecule has 0 aliphatic heterocycles. The van der Waals surface area contributed by atoms with Crippen molar-refractivity contribution in [3.8, 4) is 0 Å². The molecule has 0 aromatic heterocycles. The summed E-state index contributed by atoms with van der Waals surface area (Å²) >= 11 is 9.38. The van der Waals surface area contributed by atoms with Crippen molar-refractivity contribution in [1.29, 1.82) is 0 Å². The van der Waals surface area contributed by atoms with E-state index in [-0.39, 0.29) is 5.82 Å². The number of hydrogen-bond donors (Lipinski definition) is 2. The first-order chi connectivity index (χ1) is 9.06. The van der Waals surface area contributed by atoms with Gasteiger partial charge >= 0.3 is 0 Å². The van der Waals surface area contributed by atoms with Crippen LogP contribution in [-0.2, 0) is 0 Å². The average Bonchev–Trinajstić information content (AvgIpc) is 2.38. The van der Waals surface area contributed by atoms with Crippen LogP contribution in [0.2, 0.25) is 5.02 Å². The van der Waals surface area contributed by atoms with E-state index >= 15 is 0 Å². The molecular formula is C14H12BrClFNO. The van der Waals surface area contributed by atoms with Gasteiger partial charge in [0.25, 0.3) is 0 Å². The minimum Gasteiger partial charge on any atom is -0.387 e. The van der Waals surface area contributed by atoms with Crippen molar-refractivity contribution in [3.63, 3.8) is 0 Å². The summed E-state index contributed by atoms with van der Waals surface area (Å²) in [4.78, 5) is 0. The third-order valence-corrected chi connectivity index (χ3v) is 3.48. The molecule has 100 valence electrons. The number of anilines is 1. The number of hydrogen-bond acceptors (Lipinski definition) is 2. The molecule has 2 aromatic rings. The third-order valence-electron chi connectivity index (χ3n) is 2.67. The second-order valence-corrected chi connectivity index (χ2v) is 5.40. The maximum Gasteiger partial charge on any atom is 0.123 e. The Morgan fingerprint density at radius 1 is 1.21 bits per heavy atom. The molecule has 19 heavy (non-hydrogen) atoms.